The second kappa shape index (κ2) is 4.49. The molecule has 0 N–H and O–H groups in total. The highest BCUT2D eigenvalue weighted by Gasteiger charge is 2.30. The molecule has 98 valence electrons. The van der Waals surface area contributed by atoms with Gasteiger partial charge < -0.3 is 4.90 Å². The van der Waals surface area contributed by atoms with E-state index in [1.54, 1.807) is 0 Å². The zero-order valence-corrected chi connectivity index (χ0v) is 11.1. The van der Waals surface area contributed by atoms with Gasteiger partial charge in [0.1, 0.15) is 0 Å². The van der Waals surface area contributed by atoms with Gasteiger partial charge in [0.15, 0.2) is 0 Å². The number of aromatic nitrogens is 1. The van der Waals surface area contributed by atoms with Crippen LogP contribution in [0.3, 0.4) is 0 Å². The van der Waals surface area contributed by atoms with E-state index in [1.807, 2.05) is 12.3 Å². The second-order valence-corrected chi connectivity index (χ2v) is 5.66. The molecule has 0 saturated carbocycles. The van der Waals surface area contributed by atoms with Crippen LogP contribution < -0.4 is 4.90 Å². The van der Waals surface area contributed by atoms with Crippen LogP contribution in [0.5, 0.6) is 0 Å². The fourth-order valence-electron chi connectivity index (χ4n) is 3.46. The summed E-state index contributed by atoms with van der Waals surface area (Å²) in [5.74, 6) is 0. The first-order valence-electron chi connectivity index (χ1n) is 7.24. The van der Waals surface area contributed by atoms with E-state index in [9.17, 15) is 0 Å². The van der Waals surface area contributed by atoms with Gasteiger partial charge in [-0.3, -0.25) is 9.88 Å². The molecule has 4 rings (SSSR count). The van der Waals surface area contributed by atoms with Crippen molar-refractivity contribution in [2.24, 2.45) is 0 Å². The molecule has 19 heavy (non-hydrogen) atoms. The van der Waals surface area contributed by atoms with Crippen LogP contribution in [0, 0.1) is 0 Å². The Bertz CT molecular complexity index is 595. The van der Waals surface area contributed by atoms with Gasteiger partial charge in [-0.2, -0.15) is 0 Å². The fourth-order valence-corrected chi connectivity index (χ4v) is 3.46. The monoisotopic (exact) mass is 253 g/mol. The van der Waals surface area contributed by atoms with Crippen molar-refractivity contribution in [3.8, 4) is 0 Å². The summed E-state index contributed by atoms with van der Waals surface area (Å²) >= 11 is 0. The van der Waals surface area contributed by atoms with Crippen molar-refractivity contribution in [2.45, 2.75) is 18.9 Å². The summed E-state index contributed by atoms with van der Waals surface area (Å²) in [7, 11) is 0. The zero-order chi connectivity index (χ0) is 12.7. The van der Waals surface area contributed by atoms with Crippen LogP contribution in [0.2, 0.25) is 0 Å². The van der Waals surface area contributed by atoms with E-state index in [2.05, 4.69) is 39.0 Å². The van der Waals surface area contributed by atoms with Crippen LogP contribution in [0.1, 0.15) is 12.8 Å². The highest BCUT2D eigenvalue weighted by atomic mass is 15.3. The van der Waals surface area contributed by atoms with Gasteiger partial charge in [-0.25, -0.2) is 0 Å². The third-order valence-electron chi connectivity index (χ3n) is 4.53. The molecule has 0 radical (unpaired) electrons. The minimum absolute atomic E-state index is 0.764. The lowest BCUT2D eigenvalue weighted by Crippen LogP contribution is -2.50. The summed E-state index contributed by atoms with van der Waals surface area (Å²) in [4.78, 5) is 9.74. The number of hydrogen-bond acceptors (Lipinski definition) is 3. The highest BCUT2D eigenvalue weighted by Crippen LogP contribution is 2.26. The molecule has 1 aromatic heterocycles. The van der Waals surface area contributed by atoms with Crippen molar-refractivity contribution in [1.82, 2.24) is 9.88 Å². The SMILES string of the molecule is c1ccc2ncc(N3CCN4CCCC4C3)cc2c1. The lowest BCUT2D eigenvalue weighted by molar-refractivity contribution is 0.231. The highest BCUT2D eigenvalue weighted by molar-refractivity contribution is 5.81. The average Bonchev–Trinajstić information content (AvgIpc) is 2.94. The van der Waals surface area contributed by atoms with E-state index in [0.717, 1.165) is 18.1 Å². The van der Waals surface area contributed by atoms with E-state index in [-0.39, 0.29) is 0 Å². The normalized spacial score (nSPS) is 23.8. The number of nitrogens with zero attached hydrogens (tertiary/aromatic N) is 3. The van der Waals surface area contributed by atoms with Crippen LogP contribution in [0.25, 0.3) is 10.9 Å². The van der Waals surface area contributed by atoms with Gasteiger partial charge in [0.25, 0.3) is 0 Å². The zero-order valence-electron chi connectivity index (χ0n) is 11.1. The molecule has 2 aliphatic heterocycles. The lowest BCUT2D eigenvalue weighted by Gasteiger charge is -2.38. The number of fused-ring (bicyclic) bond motifs is 2. The third-order valence-corrected chi connectivity index (χ3v) is 4.53. The Morgan fingerprint density at radius 1 is 1.11 bits per heavy atom. The molecule has 1 aromatic carbocycles. The molecule has 2 aromatic rings. The average molecular weight is 253 g/mol. The second-order valence-electron chi connectivity index (χ2n) is 5.66. The fraction of sp³-hybridized carbons (Fsp3) is 0.438. The molecule has 0 spiro atoms. The number of anilines is 1. The van der Waals surface area contributed by atoms with Crippen LogP contribution in [-0.4, -0.2) is 42.1 Å². The molecule has 2 aliphatic rings. The number of rotatable bonds is 1. The minimum atomic E-state index is 0.764. The number of hydrogen-bond donors (Lipinski definition) is 0. The molecule has 2 fully saturated rings. The summed E-state index contributed by atoms with van der Waals surface area (Å²) in [5, 5.41) is 1.24. The Labute approximate surface area is 113 Å². The molecule has 3 nitrogen and oxygen atoms in total. The third kappa shape index (κ3) is 1.98. The van der Waals surface area contributed by atoms with E-state index >= 15 is 0 Å². The van der Waals surface area contributed by atoms with Crippen molar-refractivity contribution in [2.75, 3.05) is 31.1 Å². The van der Waals surface area contributed by atoms with Gasteiger partial charge in [0.05, 0.1) is 17.4 Å². The molecule has 0 bridgehead atoms. The predicted molar refractivity (Wildman–Crippen MR) is 78.6 cm³/mol. The van der Waals surface area contributed by atoms with Crippen LogP contribution in [0.4, 0.5) is 5.69 Å². The number of piperazine rings is 1. The van der Waals surface area contributed by atoms with Crippen molar-refractivity contribution in [1.29, 1.82) is 0 Å². The van der Waals surface area contributed by atoms with Gasteiger partial charge in [-0.15, -0.1) is 0 Å². The quantitative estimate of drug-likeness (QED) is 0.778. The van der Waals surface area contributed by atoms with Crippen molar-refractivity contribution >= 4 is 16.6 Å². The Morgan fingerprint density at radius 2 is 2.05 bits per heavy atom. The van der Waals surface area contributed by atoms with Crippen molar-refractivity contribution < 1.29 is 0 Å². The topological polar surface area (TPSA) is 19.4 Å². The molecular formula is C16H19N3. The first kappa shape index (κ1) is 11.2. The maximum absolute atomic E-state index is 4.59. The Hall–Kier alpha value is -1.61. The van der Waals surface area contributed by atoms with Crippen LogP contribution in [-0.2, 0) is 0 Å². The molecule has 1 atom stereocenters. The van der Waals surface area contributed by atoms with Crippen LogP contribution >= 0.6 is 0 Å². The molecule has 2 saturated heterocycles. The molecular weight excluding hydrogens is 234 g/mol. The maximum Gasteiger partial charge on any atom is 0.0703 e. The maximum atomic E-state index is 4.59. The first-order valence-corrected chi connectivity index (χ1v) is 7.24. The van der Waals surface area contributed by atoms with Crippen molar-refractivity contribution in [3.63, 3.8) is 0 Å². The number of pyridine rings is 1. The number of para-hydroxylation sites is 1. The van der Waals surface area contributed by atoms with Gasteiger partial charge in [0.2, 0.25) is 0 Å². The summed E-state index contributed by atoms with van der Waals surface area (Å²) in [5.41, 5.74) is 2.37. The Kier molecular flexibility index (Phi) is 2.66. The van der Waals surface area contributed by atoms with Crippen molar-refractivity contribution in [3.05, 3.63) is 36.5 Å². The van der Waals surface area contributed by atoms with Gasteiger partial charge in [-0.1, -0.05) is 18.2 Å². The summed E-state index contributed by atoms with van der Waals surface area (Å²) in [6.07, 6.45) is 4.76. The summed E-state index contributed by atoms with van der Waals surface area (Å²) in [6.45, 7) is 4.81. The number of benzene rings is 1. The van der Waals surface area contributed by atoms with E-state index in [0.29, 0.717) is 0 Å². The van der Waals surface area contributed by atoms with Gasteiger partial charge in [0, 0.05) is 31.1 Å². The Morgan fingerprint density at radius 3 is 3.05 bits per heavy atom. The largest absolute Gasteiger partial charge is 0.367 e. The summed E-state index contributed by atoms with van der Waals surface area (Å²) < 4.78 is 0. The van der Waals surface area contributed by atoms with Crippen LogP contribution in [0.15, 0.2) is 36.5 Å². The Balaban J connectivity index is 1.63. The predicted octanol–water partition coefficient (Wildman–Crippen LogP) is 2.52. The first-order chi connectivity index (χ1) is 9.40. The smallest absolute Gasteiger partial charge is 0.0703 e. The molecule has 3 heterocycles. The molecule has 1 unspecified atom stereocenters. The summed E-state index contributed by atoms with van der Waals surface area (Å²) in [6, 6.07) is 11.4. The van der Waals surface area contributed by atoms with E-state index < -0.39 is 0 Å². The lowest BCUT2D eigenvalue weighted by atomic mass is 10.1. The molecule has 0 aliphatic carbocycles. The molecule has 0 amide bonds. The van der Waals surface area contributed by atoms with E-state index in [1.165, 1.54) is 43.5 Å². The van der Waals surface area contributed by atoms with Gasteiger partial charge >= 0.3 is 0 Å². The van der Waals surface area contributed by atoms with Gasteiger partial charge in [-0.05, 0) is 31.5 Å². The molecule has 3 heteroatoms. The van der Waals surface area contributed by atoms with E-state index in [4.69, 9.17) is 0 Å². The minimum Gasteiger partial charge on any atom is -0.367 e. The standard InChI is InChI=1S/C16H19N3/c1-2-6-16-13(4-1)10-15(11-17-16)19-9-8-18-7-3-5-14(18)12-19/h1-2,4,6,10-11,14H,3,5,7-9,12H2.